The van der Waals surface area contributed by atoms with Crippen molar-refractivity contribution in [1.82, 2.24) is 8.87 Å². The van der Waals surface area contributed by atoms with Crippen LogP contribution in [-0.4, -0.2) is 41.5 Å². The zero-order valence-corrected chi connectivity index (χ0v) is 11.8. The fraction of sp³-hybridized carbons (Fsp3) is 0.333. The summed E-state index contributed by atoms with van der Waals surface area (Å²) in [6.45, 7) is -0.0944. The molecule has 8 nitrogen and oxygen atoms in total. The number of benzene rings is 1. The number of sulfonamides is 1. The molecule has 0 spiro atoms. The lowest BCUT2D eigenvalue weighted by Gasteiger charge is -2.35. The standard InChI is InChI=1S/C12H12N2O6S/c1-13-9-3-2-8(4-10(9)20-12(13)17)21(18,19)14-5-7(6-14)11(15)16/h2-4,7H,5-6H2,1H3,(H,15,16). The topological polar surface area (TPSA) is 110 Å². The quantitative estimate of drug-likeness (QED) is 0.843. The zero-order chi connectivity index (χ0) is 15.4. The van der Waals surface area contributed by atoms with E-state index in [4.69, 9.17) is 9.52 Å². The van der Waals surface area contributed by atoms with Crippen molar-refractivity contribution in [3.8, 4) is 0 Å². The highest BCUT2D eigenvalue weighted by Crippen LogP contribution is 2.27. The SMILES string of the molecule is Cn1c(=O)oc2cc(S(=O)(=O)N3CC(C(=O)O)C3)ccc21. The number of aromatic nitrogens is 1. The van der Waals surface area contributed by atoms with Gasteiger partial charge < -0.3 is 9.52 Å². The Kier molecular flexibility index (Phi) is 2.92. The maximum Gasteiger partial charge on any atom is 0.419 e. The minimum Gasteiger partial charge on any atom is -0.481 e. The van der Waals surface area contributed by atoms with Crippen molar-refractivity contribution in [3.05, 3.63) is 28.7 Å². The molecule has 0 amide bonds. The Labute approximate surface area is 119 Å². The summed E-state index contributed by atoms with van der Waals surface area (Å²) in [4.78, 5) is 22.1. The number of aryl methyl sites for hydroxylation is 1. The van der Waals surface area contributed by atoms with E-state index in [9.17, 15) is 18.0 Å². The molecule has 2 heterocycles. The fourth-order valence-electron chi connectivity index (χ4n) is 2.21. The number of rotatable bonds is 3. The van der Waals surface area contributed by atoms with Gasteiger partial charge in [-0.05, 0) is 12.1 Å². The second-order valence-electron chi connectivity index (χ2n) is 4.91. The number of hydrogen-bond donors (Lipinski definition) is 1. The molecule has 112 valence electrons. The van der Waals surface area contributed by atoms with E-state index in [1.54, 1.807) is 0 Å². The molecule has 3 rings (SSSR count). The summed E-state index contributed by atoms with van der Waals surface area (Å²) >= 11 is 0. The van der Waals surface area contributed by atoms with Crippen molar-refractivity contribution in [2.75, 3.05) is 13.1 Å². The van der Waals surface area contributed by atoms with Crippen LogP contribution in [0.25, 0.3) is 11.1 Å². The van der Waals surface area contributed by atoms with Crippen molar-refractivity contribution in [2.24, 2.45) is 13.0 Å². The van der Waals surface area contributed by atoms with Gasteiger partial charge in [-0.1, -0.05) is 0 Å². The van der Waals surface area contributed by atoms with Gasteiger partial charge in [-0.3, -0.25) is 9.36 Å². The van der Waals surface area contributed by atoms with Crippen molar-refractivity contribution in [3.63, 3.8) is 0 Å². The van der Waals surface area contributed by atoms with Crippen LogP contribution in [0.5, 0.6) is 0 Å². The van der Waals surface area contributed by atoms with E-state index in [-0.39, 0.29) is 23.6 Å². The summed E-state index contributed by atoms with van der Waals surface area (Å²) < 4.78 is 32.0. The lowest BCUT2D eigenvalue weighted by atomic mass is 10.0. The van der Waals surface area contributed by atoms with Crippen LogP contribution in [0.3, 0.4) is 0 Å². The molecule has 1 aliphatic heterocycles. The summed E-state index contributed by atoms with van der Waals surface area (Å²) in [5, 5.41) is 8.79. The van der Waals surface area contributed by atoms with Crippen LogP contribution >= 0.6 is 0 Å². The molecule has 0 saturated carbocycles. The fourth-order valence-corrected chi connectivity index (χ4v) is 3.76. The lowest BCUT2D eigenvalue weighted by Crippen LogP contribution is -2.52. The van der Waals surface area contributed by atoms with Gasteiger partial charge in [-0.15, -0.1) is 0 Å². The molecule has 0 aliphatic carbocycles. The van der Waals surface area contributed by atoms with Crippen LogP contribution in [-0.2, 0) is 21.9 Å². The Bertz CT molecular complexity index is 888. The molecule has 0 bridgehead atoms. The van der Waals surface area contributed by atoms with E-state index in [2.05, 4.69) is 0 Å². The number of fused-ring (bicyclic) bond motifs is 1. The third kappa shape index (κ3) is 2.05. The Morgan fingerprint density at radius 3 is 2.67 bits per heavy atom. The number of nitrogens with zero attached hydrogens (tertiary/aromatic N) is 2. The second kappa shape index (κ2) is 4.43. The van der Waals surface area contributed by atoms with Gasteiger partial charge in [0.15, 0.2) is 5.58 Å². The maximum absolute atomic E-state index is 12.3. The number of hydrogen-bond acceptors (Lipinski definition) is 5. The van der Waals surface area contributed by atoms with E-state index in [1.807, 2.05) is 0 Å². The Morgan fingerprint density at radius 1 is 1.38 bits per heavy atom. The predicted molar refractivity (Wildman–Crippen MR) is 71.3 cm³/mol. The molecule has 1 aromatic heterocycles. The van der Waals surface area contributed by atoms with E-state index >= 15 is 0 Å². The smallest absolute Gasteiger partial charge is 0.419 e. The first-order chi connectivity index (χ1) is 9.80. The van der Waals surface area contributed by atoms with Crippen LogP contribution in [0.1, 0.15) is 0 Å². The molecular weight excluding hydrogens is 300 g/mol. The zero-order valence-electron chi connectivity index (χ0n) is 11.0. The van der Waals surface area contributed by atoms with Gasteiger partial charge in [0.2, 0.25) is 10.0 Å². The van der Waals surface area contributed by atoms with Crippen molar-refractivity contribution < 1.29 is 22.7 Å². The minimum absolute atomic E-state index is 0.0202. The average Bonchev–Trinajstić information content (AvgIpc) is 2.62. The molecule has 2 aromatic rings. The summed E-state index contributed by atoms with van der Waals surface area (Å²) in [7, 11) is -2.24. The van der Waals surface area contributed by atoms with Crippen LogP contribution in [0.2, 0.25) is 0 Å². The molecule has 1 aliphatic rings. The number of carbonyl (C=O) groups is 1. The van der Waals surface area contributed by atoms with Crippen molar-refractivity contribution in [2.45, 2.75) is 4.90 Å². The van der Waals surface area contributed by atoms with Crippen molar-refractivity contribution >= 4 is 27.1 Å². The molecular formula is C12H12N2O6S. The van der Waals surface area contributed by atoms with Gasteiger partial charge in [0.1, 0.15) is 0 Å². The molecule has 9 heteroatoms. The minimum atomic E-state index is -3.77. The molecule has 1 fully saturated rings. The van der Waals surface area contributed by atoms with E-state index in [0.29, 0.717) is 5.52 Å². The molecule has 0 unspecified atom stereocenters. The lowest BCUT2D eigenvalue weighted by molar-refractivity contribution is -0.145. The third-order valence-electron chi connectivity index (χ3n) is 3.60. The van der Waals surface area contributed by atoms with Gasteiger partial charge in [0, 0.05) is 26.2 Å². The first kappa shape index (κ1) is 13.8. The number of oxazole rings is 1. The number of carboxylic acid groups (broad SMARTS) is 1. The highest BCUT2D eigenvalue weighted by Gasteiger charge is 2.40. The van der Waals surface area contributed by atoms with Gasteiger partial charge in [0.05, 0.1) is 16.3 Å². The van der Waals surface area contributed by atoms with E-state index in [1.165, 1.54) is 29.8 Å². The molecule has 1 aromatic carbocycles. The largest absolute Gasteiger partial charge is 0.481 e. The van der Waals surface area contributed by atoms with Gasteiger partial charge in [-0.25, -0.2) is 13.2 Å². The molecule has 1 N–H and O–H groups in total. The average molecular weight is 312 g/mol. The van der Waals surface area contributed by atoms with E-state index < -0.39 is 27.7 Å². The second-order valence-corrected chi connectivity index (χ2v) is 6.85. The summed E-state index contributed by atoms with van der Waals surface area (Å²) in [6.07, 6.45) is 0. The number of carboxylic acids is 1. The summed E-state index contributed by atoms with van der Waals surface area (Å²) in [5.74, 6) is -2.25. The first-order valence-electron chi connectivity index (χ1n) is 6.13. The normalized spacial score (nSPS) is 17.0. The van der Waals surface area contributed by atoms with Gasteiger partial charge >= 0.3 is 11.7 Å². The Morgan fingerprint density at radius 2 is 2.05 bits per heavy atom. The highest BCUT2D eigenvalue weighted by atomic mass is 32.2. The van der Waals surface area contributed by atoms with Crippen LogP contribution < -0.4 is 5.76 Å². The maximum atomic E-state index is 12.3. The van der Waals surface area contributed by atoms with E-state index in [0.717, 1.165) is 4.31 Å². The van der Waals surface area contributed by atoms with Crippen molar-refractivity contribution in [1.29, 1.82) is 0 Å². The van der Waals surface area contributed by atoms with Gasteiger partial charge in [0.25, 0.3) is 0 Å². The molecule has 0 radical (unpaired) electrons. The molecule has 21 heavy (non-hydrogen) atoms. The predicted octanol–water partition coefficient (Wildman–Crippen LogP) is -0.163. The third-order valence-corrected chi connectivity index (χ3v) is 5.43. The van der Waals surface area contributed by atoms with Crippen LogP contribution in [0.15, 0.2) is 32.3 Å². The Hall–Kier alpha value is -2.13. The number of aliphatic carboxylic acids is 1. The highest BCUT2D eigenvalue weighted by molar-refractivity contribution is 7.89. The summed E-state index contributed by atoms with van der Waals surface area (Å²) in [6, 6.07) is 4.14. The molecule has 0 atom stereocenters. The summed E-state index contributed by atoms with van der Waals surface area (Å²) in [5.41, 5.74) is 0.671. The van der Waals surface area contributed by atoms with Gasteiger partial charge in [-0.2, -0.15) is 4.31 Å². The van der Waals surface area contributed by atoms with Crippen LogP contribution in [0, 0.1) is 5.92 Å². The first-order valence-corrected chi connectivity index (χ1v) is 7.57. The monoisotopic (exact) mass is 312 g/mol. The molecule has 1 saturated heterocycles. The van der Waals surface area contributed by atoms with Crippen LogP contribution in [0.4, 0.5) is 0 Å². The Balaban J connectivity index is 1.97.